The molecule has 1 heterocycles. The molecule has 1 N–H and O–H groups in total. The van der Waals surface area contributed by atoms with Gasteiger partial charge in [0.05, 0.1) is 0 Å². The molecule has 0 amide bonds. The first-order valence-electron chi connectivity index (χ1n) is 7.75. The lowest BCUT2D eigenvalue weighted by molar-refractivity contribution is -0.142. The van der Waals surface area contributed by atoms with Crippen molar-refractivity contribution in [1.82, 2.24) is 4.90 Å². The van der Waals surface area contributed by atoms with Gasteiger partial charge in [-0.05, 0) is 56.3 Å². The van der Waals surface area contributed by atoms with E-state index in [2.05, 4.69) is 36.1 Å². The molecule has 1 aromatic carbocycles. The van der Waals surface area contributed by atoms with Crippen LogP contribution in [0.5, 0.6) is 0 Å². The second-order valence-electron chi connectivity index (χ2n) is 5.72. The fraction of sp³-hybridized carbons (Fsp3) is 0.588. The van der Waals surface area contributed by atoms with E-state index < -0.39 is 5.97 Å². The van der Waals surface area contributed by atoms with Crippen molar-refractivity contribution in [2.75, 3.05) is 13.1 Å². The van der Waals surface area contributed by atoms with Crippen LogP contribution in [0.1, 0.15) is 43.7 Å². The quantitative estimate of drug-likeness (QED) is 0.831. The molecule has 3 nitrogen and oxygen atoms in total. The van der Waals surface area contributed by atoms with Crippen molar-refractivity contribution in [3.05, 3.63) is 35.4 Å². The van der Waals surface area contributed by atoms with Gasteiger partial charge in [0, 0.05) is 0 Å². The summed E-state index contributed by atoms with van der Waals surface area (Å²) in [6.45, 7) is 4.04. The zero-order chi connectivity index (χ0) is 14.4. The van der Waals surface area contributed by atoms with Crippen LogP contribution in [0.4, 0.5) is 0 Å². The third kappa shape index (κ3) is 4.07. The fourth-order valence-electron chi connectivity index (χ4n) is 2.87. The zero-order valence-electron chi connectivity index (χ0n) is 12.3. The van der Waals surface area contributed by atoms with Gasteiger partial charge < -0.3 is 5.11 Å². The van der Waals surface area contributed by atoms with Gasteiger partial charge in [0.1, 0.15) is 6.04 Å². The molecule has 0 radical (unpaired) electrons. The third-order valence-corrected chi connectivity index (χ3v) is 4.14. The lowest BCUT2D eigenvalue weighted by Crippen LogP contribution is -2.40. The molecule has 2 rings (SSSR count). The molecule has 1 fully saturated rings. The molecule has 0 aliphatic carbocycles. The Hall–Kier alpha value is -1.35. The van der Waals surface area contributed by atoms with Crippen LogP contribution in [0, 0.1) is 0 Å². The normalized spacial score (nSPS) is 17.2. The van der Waals surface area contributed by atoms with Crippen LogP contribution in [0.25, 0.3) is 0 Å². The third-order valence-electron chi connectivity index (χ3n) is 4.14. The minimum atomic E-state index is -0.693. The van der Waals surface area contributed by atoms with Gasteiger partial charge in [-0.1, -0.05) is 37.6 Å². The van der Waals surface area contributed by atoms with Gasteiger partial charge in [-0.3, -0.25) is 9.69 Å². The zero-order valence-corrected chi connectivity index (χ0v) is 12.3. The first kappa shape index (κ1) is 15.0. The highest BCUT2D eigenvalue weighted by Gasteiger charge is 2.27. The number of aryl methyl sites for hydroxylation is 1. The van der Waals surface area contributed by atoms with E-state index in [1.165, 1.54) is 18.4 Å². The maximum absolute atomic E-state index is 11.5. The van der Waals surface area contributed by atoms with Crippen LogP contribution < -0.4 is 0 Å². The minimum Gasteiger partial charge on any atom is -0.480 e. The molecular formula is C17H25NO2. The summed E-state index contributed by atoms with van der Waals surface area (Å²) in [6.07, 6.45) is 6.40. The molecule has 110 valence electrons. The predicted octanol–water partition coefficient (Wildman–Crippen LogP) is 3.12. The van der Waals surface area contributed by atoms with E-state index in [1.807, 2.05) is 0 Å². The highest BCUT2D eigenvalue weighted by atomic mass is 16.4. The number of nitrogens with zero attached hydrogens (tertiary/aromatic N) is 1. The first-order chi connectivity index (χ1) is 9.70. The van der Waals surface area contributed by atoms with E-state index in [-0.39, 0.29) is 6.04 Å². The number of likely N-dealkylation sites (tertiary alicyclic amines) is 1. The molecule has 0 unspecified atom stereocenters. The van der Waals surface area contributed by atoms with Crippen molar-refractivity contribution in [2.45, 2.75) is 51.5 Å². The molecule has 1 atom stereocenters. The number of carboxylic acid groups (broad SMARTS) is 1. The topological polar surface area (TPSA) is 40.5 Å². The summed E-state index contributed by atoms with van der Waals surface area (Å²) in [7, 11) is 0. The van der Waals surface area contributed by atoms with E-state index >= 15 is 0 Å². The van der Waals surface area contributed by atoms with Crippen molar-refractivity contribution >= 4 is 5.97 Å². The summed E-state index contributed by atoms with van der Waals surface area (Å²) in [5.74, 6) is -0.693. The Morgan fingerprint density at radius 1 is 1.20 bits per heavy atom. The number of aliphatic carboxylic acids is 1. The largest absolute Gasteiger partial charge is 0.480 e. The molecule has 1 aliphatic heterocycles. The van der Waals surface area contributed by atoms with Gasteiger partial charge in [-0.25, -0.2) is 0 Å². The number of rotatable bonds is 7. The summed E-state index contributed by atoms with van der Waals surface area (Å²) in [6, 6.07) is 8.12. The van der Waals surface area contributed by atoms with E-state index in [9.17, 15) is 9.90 Å². The van der Waals surface area contributed by atoms with Gasteiger partial charge in [0.15, 0.2) is 0 Å². The van der Waals surface area contributed by atoms with Gasteiger partial charge in [0.2, 0.25) is 0 Å². The standard InChI is InChI=1S/C17H25NO2/c1-2-3-6-14-7-9-15(10-8-14)13-16(17(19)20)18-11-4-5-12-18/h7-10,16H,2-6,11-13H2,1H3,(H,19,20)/t16-/m1/s1. The summed E-state index contributed by atoms with van der Waals surface area (Å²) in [5.41, 5.74) is 2.48. The van der Waals surface area contributed by atoms with Crippen molar-refractivity contribution < 1.29 is 9.90 Å². The van der Waals surface area contributed by atoms with Crippen LogP contribution in [0.15, 0.2) is 24.3 Å². The summed E-state index contributed by atoms with van der Waals surface area (Å²) in [5, 5.41) is 9.42. The first-order valence-corrected chi connectivity index (χ1v) is 7.75. The monoisotopic (exact) mass is 275 g/mol. The van der Waals surface area contributed by atoms with Crippen molar-refractivity contribution in [2.24, 2.45) is 0 Å². The number of carboxylic acids is 1. The van der Waals surface area contributed by atoms with Gasteiger partial charge in [0.25, 0.3) is 0 Å². The molecule has 0 spiro atoms. The highest BCUT2D eigenvalue weighted by molar-refractivity contribution is 5.74. The molecule has 20 heavy (non-hydrogen) atoms. The molecule has 0 aromatic heterocycles. The molecule has 0 bridgehead atoms. The van der Waals surface area contributed by atoms with E-state index in [0.29, 0.717) is 6.42 Å². The fourth-order valence-corrected chi connectivity index (χ4v) is 2.87. The second-order valence-corrected chi connectivity index (χ2v) is 5.72. The van der Waals surface area contributed by atoms with E-state index in [1.54, 1.807) is 0 Å². The number of unbranched alkanes of at least 4 members (excludes halogenated alkanes) is 1. The molecule has 1 aliphatic rings. The predicted molar refractivity (Wildman–Crippen MR) is 81.0 cm³/mol. The van der Waals surface area contributed by atoms with Crippen molar-refractivity contribution in [3.8, 4) is 0 Å². The minimum absolute atomic E-state index is 0.362. The summed E-state index contributed by atoms with van der Waals surface area (Å²) in [4.78, 5) is 13.6. The Morgan fingerprint density at radius 2 is 1.80 bits per heavy atom. The molecule has 1 saturated heterocycles. The van der Waals surface area contributed by atoms with E-state index in [0.717, 1.165) is 37.9 Å². The highest BCUT2D eigenvalue weighted by Crippen LogP contribution is 2.17. The molecule has 0 saturated carbocycles. The Balaban J connectivity index is 1.97. The lowest BCUT2D eigenvalue weighted by Gasteiger charge is -2.23. The Labute approximate surface area is 121 Å². The average molecular weight is 275 g/mol. The number of hydrogen-bond acceptors (Lipinski definition) is 2. The number of carbonyl (C=O) groups is 1. The second kappa shape index (κ2) is 7.44. The number of hydrogen-bond donors (Lipinski definition) is 1. The SMILES string of the molecule is CCCCc1ccc(C[C@H](C(=O)O)N2CCCC2)cc1. The van der Waals surface area contributed by atoms with Crippen LogP contribution in [0.3, 0.4) is 0 Å². The maximum Gasteiger partial charge on any atom is 0.321 e. The Morgan fingerprint density at radius 3 is 2.35 bits per heavy atom. The maximum atomic E-state index is 11.5. The molecular weight excluding hydrogens is 250 g/mol. The summed E-state index contributed by atoms with van der Waals surface area (Å²) < 4.78 is 0. The van der Waals surface area contributed by atoms with Gasteiger partial charge in [-0.15, -0.1) is 0 Å². The smallest absolute Gasteiger partial charge is 0.321 e. The van der Waals surface area contributed by atoms with Crippen LogP contribution in [-0.2, 0) is 17.6 Å². The molecule has 3 heteroatoms. The molecule has 1 aromatic rings. The summed E-state index contributed by atoms with van der Waals surface area (Å²) >= 11 is 0. The average Bonchev–Trinajstić information content (AvgIpc) is 2.97. The number of benzene rings is 1. The van der Waals surface area contributed by atoms with Gasteiger partial charge in [-0.2, -0.15) is 0 Å². The van der Waals surface area contributed by atoms with Crippen LogP contribution in [0.2, 0.25) is 0 Å². The van der Waals surface area contributed by atoms with Crippen molar-refractivity contribution in [1.29, 1.82) is 0 Å². The Bertz CT molecular complexity index is 421. The van der Waals surface area contributed by atoms with E-state index in [4.69, 9.17) is 0 Å². The lowest BCUT2D eigenvalue weighted by atomic mass is 10.0. The van der Waals surface area contributed by atoms with Crippen molar-refractivity contribution in [3.63, 3.8) is 0 Å². The van der Waals surface area contributed by atoms with Gasteiger partial charge >= 0.3 is 5.97 Å². The van der Waals surface area contributed by atoms with Crippen LogP contribution >= 0.6 is 0 Å². The Kier molecular flexibility index (Phi) is 5.60. The van der Waals surface area contributed by atoms with Crippen LogP contribution in [-0.4, -0.2) is 35.1 Å².